The van der Waals surface area contributed by atoms with Crippen molar-refractivity contribution in [2.45, 2.75) is 250 Å². The van der Waals surface area contributed by atoms with E-state index in [4.69, 9.17) is 0 Å². The molecule has 0 spiro atoms. The van der Waals surface area contributed by atoms with Crippen LogP contribution < -0.4 is 0 Å². The molecule has 0 bridgehead atoms. The molecule has 0 radical (unpaired) electrons. The second kappa shape index (κ2) is 44.6. The van der Waals surface area contributed by atoms with Crippen LogP contribution in [0.15, 0.2) is 72.9 Å². The molecule has 0 heterocycles. The predicted octanol–water partition coefficient (Wildman–Crippen LogP) is 18.6. The van der Waals surface area contributed by atoms with Gasteiger partial charge in [0.1, 0.15) is 0 Å². The number of hydrogen-bond acceptors (Lipinski definition) is 0. The minimum absolute atomic E-state index is 1.23. The summed E-state index contributed by atoms with van der Waals surface area (Å²) < 4.78 is 0. The third-order valence-corrected chi connectivity index (χ3v) is 10.6. The van der Waals surface area contributed by atoms with Gasteiger partial charge in [-0.1, -0.05) is 285 Å². The number of benzene rings is 1. The molecule has 9 rings (SSSR count). The Morgan fingerprint density at radius 1 is 0.137 bits per heavy atom. The van der Waals surface area contributed by atoms with Gasteiger partial charge in [-0.15, -0.1) is 0 Å². The average Bonchev–Trinajstić information content (AvgIpc) is 4.01. The van der Waals surface area contributed by atoms with E-state index in [1.165, 1.54) is 250 Å². The smallest absolute Gasteiger partial charge is 0.0313 e. The normalized spacial score (nSPS) is 21.2. The molecule has 0 aliphatic heterocycles. The maximum atomic E-state index is 2.27. The van der Waals surface area contributed by atoms with Crippen molar-refractivity contribution in [3.63, 3.8) is 0 Å². The van der Waals surface area contributed by atoms with Crippen LogP contribution in [0.3, 0.4) is 0 Å². The molecule has 0 saturated heterocycles. The highest BCUT2D eigenvalue weighted by Gasteiger charge is 1.98. The molecule has 1 aromatic carbocycles. The zero-order chi connectivity index (χ0) is 36.1. The van der Waals surface area contributed by atoms with Gasteiger partial charge in [0.05, 0.1) is 0 Å². The lowest BCUT2D eigenvalue weighted by Gasteiger charge is -2.05. The highest BCUT2D eigenvalue weighted by molar-refractivity contribution is 5.07. The first-order valence-electron chi connectivity index (χ1n) is 23.5. The molecule has 6 fully saturated rings. The summed E-state index contributed by atoms with van der Waals surface area (Å²) in [6.07, 6.45) is 70.5. The van der Waals surface area contributed by atoms with Crippen molar-refractivity contribution in [3.05, 3.63) is 72.9 Å². The third-order valence-electron chi connectivity index (χ3n) is 10.6. The number of hydrogen-bond donors (Lipinski definition) is 0. The molecule has 0 nitrogen and oxygen atoms in total. The number of allylic oxidation sites excluding steroid dienone is 6. The molecule has 6 saturated carbocycles. The topological polar surface area (TPSA) is 0 Å². The zero-order valence-electron chi connectivity index (χ0n) is 34.5. The van der Waals surface area contributed by atoms with Gasteiger partial charge in [-0.3, -0.25) is 0 Å². The van der Waals surface area contributed by atoms with Crippen LogP contribution in [-0.2, 0) is 0 Å². The van der Waals surface area contributed by atoms with Crippen molar-refractivity contribution in [3.8, 4) is 0 Å². The minimum atomic E-state index is 1.23. The fourth-order valence-corrected chi connectivity index (χ4v) is 6.53. The Morgan fingerprint density at radius 3 is 0.373 bits per heavy atom. The first-order valence-corrected chi connectivity index (χ1v) is 23.5. The Morgan fingerprint density at radius 2 is 0.294 bits per heavy atom. The summed E-state index contributed by atoms with van der Waals surface area (Å²) in [6.45, 7) is 0. The van der Waals surface area contributed by atoms with Crippen LogP contribution in [0, 0.1) is 0 Å². The van der Waals surface area contributed by atoms with Gasteiger partial charge in [-0.2, -0.15) is 0 Å². The summed E-state index contributed by atoms with van der Waals surface area (Å²) >= 11 is 0. The van der Waals surface area contributed by atoms with Crippen LogP contribution >= 0.6 is 0 Å². The van der Waals surface area contributed by atoms with Crippen molar-refractivity contribution < 1.29 is 0 Å². The predicted molar refractivity (Wildman–Crippen MR) is 234 cm³/mol. The Labute approximate surface area is 322 Å². The first-order chi connectivity index (χ1) is 25.5. The van der Waals surface area contributed by atoms with E-state index in [1.54, 1.807) is 0 Å². The molecule has 8 aliphatic rings. The first kappa shape index (κ1) is 47.5. The Bertz CT molecular complexity index is 685. The molecule has 0 N–H and O–H groups in total. The van der Waals surface area contributed by atoms with Crippen LogP contribution in [0.2, 0.25) is 0 Å². The summed E-state index contributed by atoms with van der Waals surface area (Å²) in [4.78, 5) is 0. The molecule has 0 aromatic heterocycles. The van der Waals surface area contributed by atoms with E-state index in [9.17, 15) is 0 Å². The summed E-state index contributed by atoms with van der Waals surface area (Å²) in [5, 5.41) is 0. The van der Waals surface area contributed by atoms with Gasteiger partial charge >= 0.3 is 0 Å². The lowest BCUT2D eigenvalue weighted by atomic mass is 10.0. The highest BCUT2D eigenvalue weighted by atomic mass is 14.0. The standard InChI is InChI=1S/C8H16.C7H14.C6H12.C6H10.C6H8.C6H6.C5H10.C4H8.C3H6/c1-2-4-6-8-7-5-3-1;1-2-4-6-7-5-3-1;4*1-2-4-6-5-3-1;1-2-4-5-3-1;1-2-4-3-1;1-2-3-1/h1-8H2;1-7H2;1-6H2;1-2H,3-6H2;1-4H,5-6H2;1-6H;1-5H2;1-4H2;1-3H2. The molecule has 8 aliphatic carbocycles. The zero-order valence-corrected chi connectivity index (χ0v) is 34.5. The molecular formula is C51H90. The van der Waals surface area contributed by atoms with Gasteiger partial charge in [-0.05, 0) is 38.5 Å². The van der Waals surface area contributed by atoms with Crippen LogP contribution in [-0.4, -0.2) is 0 Å². The van der Waals surface area contributed by atoms with Crippen LogP contribution in [0.4, 0.5) is 0 Å². The minimum Gasteiger partial charge on any atom is -0.0885 e. The van der Waals surface area contributed by atoms with Crippen molar-refractivity contribution >= 4 is 0 Å². The van der Waals surface area contributed by atoms with E-state index >= 15 is 0 Å². The molecule has 0 heteroatoms. The fourth-order valence-electron chi connectivity index (χ4n) is 6.53. The number of rotatable bonds is 0. The van der Waals surface area contributed by atoms with E-state index < -0.39 is 0 Å². The van der Waals surface area contributed by atoms with Crippen molar-refractivity contribution in [1.29, 1.82) is 0 Å². The van der Waals surface area contributed by atoms with Gasteiger partial charge in [0, 0.05) is 0 Å². The van der Waals surface area contributed by atoms with E-state index in [2.05, 4.69) is 36.5 Å². The van der Waals surface area contributed by atoms with Crippen LogP contribution in [0.1, 0.15) is 250 Å². The van der Waals surface area contributed by atoms with Gasteiger partial charge in [0.25, 0.3) is 0 Å². The Balaban J connectivity index is 0.000000289. The van der Waals surface area contributed by atoms with Crippen molar-refractivity contribution in [2.24, 2.45) is 0 Å². The lowest BCUT2D eigenvalue weighted by molar-refractivity contribution is 0.504. The van der Waals surface area contributed by atoms with Crippen LogP contribution in [0.5, 0.6) is 0 Å². The van der Waals surface area contributed by atoms with E-state index in [-0.39, 0.29) is 0 Å². The second-order valence-corrected chi connectivity index (χ2v) is 16.0. The van der Waals surface area contributed by atoms with Crippen molar-refractivity contribution in [1.82, 2.24) is 0 Å². The summed E-state index contributed by atoms with van der Waals surface area (Å²) in [7, 11) is 0. The molecular weight excluding hydrogens is 613 g/mol. The lowest BCUT2D eigenvalue weighted by Crippen LogP contribution is -1.85. The van der Waals surface area contributed by atoms with Gasteiger partial charge in [0.15, 0.2) is 0 Å². The van der Waals surface area contributed by atoms with Crippen LogP contribution in [0.25, 0.3) is 0 Å². The summed E-state index contributed by atoms with van der Waals surface area (Å²) in [5.41, 5.74) is 0. The van der Waals surface area contributed by atoms with Crippen molar-refractivity contribution in [2.75, 3.05) is 0 Å². The monoisotopic (exact) mass is 703 g/mol. The van der Waals surface area contributed by atoms with Gasteiger partial charge in [0.2, 0.25) is 0 Å². The third kappa shape index (κ3) is 46.4. The average molecular weight is 703 g/mol. The molecule has 51 heavy (non-hydrogen) atoms. The molecule has 0 amide bonds. The Hall–Kier alpha value is -1.56. The van der Waals surface area contributed by atoms with Gasteiger partial charge < -0.3 is 0 Å². The largest absolute Gasteiger partial charge is 0.0885 e. The SMILES string of the molecule is C1=CCCC=C1.C1=CCCCC1.C1CC1.C1CCC1.C1CCCC1.C1CCCCC1.C1CCCCCC1.C1CCCCCCC1.c1ccccc1. The molecule has 0 atom stereocenters. The Kier molecular flexibility index (Phi) is 41.5. The summed E-state index contributed by atoms with van der Waals surface area (Å²) in [6, 6.07) is 12.0. The summed E-state index contributed by atoms with van der Waals surface area (Å²) in [5.74, 6) is 0. The molecule has 294 valence electrons. The molecule has 1 aromatic rings. The highest BCUT2D eigenvalue weighted by Crippen LogP contribution is 2.18. The van der Waals surface area contributed by atoms with E-state index in [0.717, 1.165) is 0 Å². The van der Waals surface area contributed by atoms with Gasteiger partial charge in [-0.25, -0.2) is 0 Å². The second-order valence-electron chi connectivity index (χ2n) is 16.0. The van der Waals surface area contributed by atoms with E-state index in [1.807, 2.05) is 36.4 Å². The molecule has 0 unspecified atom stereocenters. The maximum absolute atomic E-state index is 2.27. The fraction of sp³-hybridized carbons (Fsp3) is 0.765. The quantitative estimate of drug-likeness (QED) is 0.186. The maximum Gasteiger partial charge on any atom is -0.0313 e. The van der Waals surface area contributed by atoms with E-state index in [0.29, 0.717) is 0 Å².